The van der Waals surface area contributed by atoms with Crippen LogP contribution in [0.25, 0.3) is 0 Å². The number of amides is 1. The second kappa shape index (κ2) is 5.48. The fourth-order valence-corrected chi connectivity index (χ4v) is 2.67. The van der Waals surface area contributed by atoms with Gasteiger partial charge in [-0.05, 0) is 39.9 Å². The van der Waals surface area contributed by atoms with E-state index in [-0.39, 0.29) is 6.09 Å². The summed E-state index contributed by atoms with van der Waals surface area (Å²) in [5.41, 5.74) is -1.07. The van der Waals surface area contributed by atoms with Crippen molar-refractivity contribution in [3.05, 3.63) is 0 Å². The highest BCUT2D eigenvalue weighted by molar-refractivity contribution is 7.98. The van der Waals surface area contributed by atoms with Gasteiger partial charge in [0, 0.05) is 18.8 Å². The third-order valence-corrected chi connectivity index (χ3v) is 3.58. The Morgan fingerprint density at radius 3 is 2.35 bits per heavy atom. The predicted molar refractivity (Wildman–Crippen MR) is 70.4 cm³/mol. The minimum absolute atomic E-state index is 0.274. The smallest absolute Gasteiger partial charge is 0.410 e. The van der Waals surface area contributed by atoms with Crippen LogP contribution < -0.4 is 0 Å². The summed E-state index contributed by atoms with van der Waals surface area (Å²) in [6.45, 7) is 6.73. The molecule has 0 atom stereocenters. The quantitative estimate of drug-likeness (QED) is 0.827. The third-order valence-electron chi connectivity index (χ3n) is 2.76. The van der Waals surface area contributed by atoms with Crippen LogP contribution in [0.3, 0.4) is 0 Å². The number of hydrogen-bond donors (Lipinski definition) is 1. The summed E-state index contributed by atoms with van der Waals surface area (Å²) < 4.78 is 5.31. The van der Waals surface area contributed by atoms with Crippen LogP contribution in [0.1, 0.15) is 33.6 Å². The number of thioether (sulfide) groups is 1. The normalized spacial score (nSPS) is 20.2. The van der Waals surface area contributed by atoms with Gasteiger partial charge in [-0.2, -0.15) is 11.8 Å². The Labute approximate surface area is 108 Å². The molecule has 0 aromatic carbocycles. The lowest BCUT2D eigenvalue weighted by Gasteiger charge is -2.38. The summed E-state index contributed by atoms with van der Waals surface area (Å²) in [5.74, 6) is 0.731. The van der Waals surface area contributed by atoms with Crippen LogP contribution in [0.4, 0.5) is 4.79 Å². The van der Waals surface area contributed by atoms with Crippen LogP contribution in [0.2, 0.25) is 0 Å². The lowest BCUT2D eigenvalue weighted by Crippen LogP contribution is -2.49. The van der Waals surface area contributed by atoms with Gasteiger partial charge in [0.25, 0.3) is 0 Å². The van der Waals surface area contributed by atoms with Crippen molar-refractivity contribution in [1.82, 2.24) is 4.90 Å². The summed E-state index contributed by atoms with van der Waals surface area (Å²) in [4.78, 5) is 13.5. The SMILES string of the molecule is CSCC1(O)CCN(C(=O)OC(C)(C)C)CC1. The van der Waals surface area contributed by atoms with E-state index in [1.165, 1.54) is 0 Å². The van der Waals surface area contributed by atoms with Crippen molar-refractivity contribution in [3.8, 4) is 0 Å². The Hall–Kier alpha value is -0.420. The van der Waals surface area contributed by atoms with Gasteiger partial charge in [0.15, 0.2) is 0 Å². The number of carbonyl (C=O) groups is 1. The molecule has 0 aromatic rings. The average Bonchev–Trinajstić information content (AvgIpc) is 2.15. The van der Waals surface area contributed by atoms with Crippen molar-refractivity contribution in [2.75, 3.05) is 25.1 Å². The standard InChI is InChI=1S/C12H23NO3S/c1-11(2,3)16-10(14)13-7-5-12(15,6-8-13)9-17-4/h15H,5-9H2,1-4H3. The molecule has 0 aliphatic carbocycles. The molecule has 5 heteroatoms. The Kier molecular flexibility index (Phi) is 4.72. The predicted octanol–water partition coefficient (Wildman–Crippen LogP) is 2.11. The average molecular weight is 261 g/mol. The zero-order valence-corrected chi connectivity index (χ0v) is 12.0. The first kappa shape index (κ1) is 14.6. The topological polar surface area (TPSA) is 49.8 Å². The van der Waals surface area contributed by atoms with E-state index in [9.17, 15) is 9.90 Å². The van der Waals surface area contributed by atoms with E-state index >= 15 is 0 Å². The van der Waals surface area contributed by atoms with Gasteiger partial charge in [-0.25, -0.2) is 4.79 Å². The minimum atomic E-state index is -0.613. The van der Waals surface area contributed by atoms with Crippen LogP contribution in [0.15, 0.2) is 0 Å². The van der Waals surface area contributed by atoms with E-state index in [2.05, 4.69) is 0 Å². The third kappa shape index (κ3) is 4.76. The molecular formula is C12H23NO3S. The number of nitrogens with zero attached hydrogens (tertiary/aromatic N) is 1. The monoisotopic (exact) mass is 261 g/mol. The number of piperidine rings is 1. The van der Waals surface area contributed by atoms with Crippen molar-refractivity contribution >= 4 is 17.9 Å². The molecule has 1 aliphatic heterocycles. The van der Waals surface area contributed by atoms with E-state index in [4.69, 9.17) is 4.74 Å². The second-order valence-corrected chi connectivity index (χ2v) is 6.49. The van der Waals surface area contributed by atoms with Gasteiger partial charge in [0.2, 0.25) is 0 Å². The first-order chi connectivity index (χ1) is 7.76. The van der Waals surface area contributed by atoms with Gasteiger partial charge in [-0.1, -0.05) is 0 Å². The number of aliphatic hydroxyl groups is 1. The first-order valence-corrected chi connectivity index (χ1v) is 7.34. The van der Waals surface area contributed by atoms with Crippen molar-refractivity contribution in [3.63, 3.8) is 0 Å². The lowest BCUT2D eigenvalue weighted by molar-refractivity contribution is -0.0190. The van der Waals surface area contributed by atoms with Gasteiger partial charge in [0.05, 0.1) is 5.60 Å². The molecule has 1 fully saturated rings. The number of ether oxygens (including phenoxy) is 1. The molecule has 0 radical (unpaired) electrons. The molecule has 100 valence electrons. The van der Waals surface area contributed by atoms with Crippen LogP contribution in [-0.4, -0.2) is 52.4 Å². The van der Waals surface area contributed by atoms with Gasteiger partial charge < -0.3 is 14.7 Å². The molecule has 1 N–H and O–H groups in total. The Morgan fingerprint density at radius 1 is 1.41 bits per heavy atom. The molecule has 1 rings (SSSR count). The molecule has 0 unspecified atom stereocenters. The molecule has 0 aromatic heterocycles. The van der Waals surface area contributed by atoms with Crippen LogP contribution in [-0.2, 0) is 4.74 Å². The van der Waals surface area contributed by atoms with Gasteiger partial charge >= 0.3 is 6.09 Å². The first-order valence-electron chi connectivity index (χ1n) is 5.95. The zero-order chi connectivity index (χ0) is 13.1. The summed E-state index contributed by atoms with van der Waals surface area (Å²) in [7, 11) is 0. The summed E-state index contributed by atoms with van der Waals surface area (Å²) in [5, 5.41) is 10.2. The highest BCUT2D eigenvalue weighted by atomic mass is 32.2. The lowest BCUT2D eigenvalue weighted by atomic mass is 9.94. The Balaban J connectivity index is 2.44. The molecule has 1 heterocycles. The molecule has 17 heavy (non-hydrogen) atoms. The molecule has 1 amide bonds. The van der Waals surface area contributed by atoms with E-state index in [1.807, 2.05) is 27.0 Å². The maximum atomic E-state index is 11.8. The summed E-state index contributed by atoms with van der Waals surface area (Å²) in [6, 6.07) is 0. The van der Waals surface area contributed by atoms with Crippen molar-refractivity contribution < 1.29 is 14.6 Å². The Bertz CT molecular complexity index is 267. The maximum Gasteiger partial charge on any atom is 0.410 e. The van der Waals surface area contributed by atoms with Crippen molar-refractivity contribution in [1.29, 1.82) is 0 Å². The number of likely N-dealkylation sites (tertiary alicyclic amines) is 1. The largest absolute Gasteiger partial charge is 0.444 e. The minimum Gasteiger partial charge on any atom is -0.444 e. The van der Waals surface area contributed by atoms with Gasteiger partial charge in [-0.15, -0.1) is 0 Å². The molecule has 1 aliphatic rings. The molecular weight excluding hydrogens is 238 g/mol. The Morgan fingerprint density at radius 2 is 1.94 bits per heavy atom. The van der Waals surface area contributed by atoms with Crippen molar-refractivity contribution in [2.24, 2.45) is 0 Å². The fraction of sp³-hybridized carbons (Fsp3) is 0.917. The molecule has 0 saturated carbocycles. The highest BCUT2D eigenvalue weighted by Crippen LogP contribution is 2.26. The van der Waals surface area contributed by atoms with E-state index in [0.29, 0.717) is 25.9 Å². The highest BCUT2D eigenvalue weighted by Gasteiger charge is 2.34. The van der Waals surface area contributed by atoms with Gasteiger partial charge in [0.1, 0.15) is 5.60 Å². The van der Waals surface area contributed by atoms with Crippen molar-refractivity contribution in [2.45, 2.75) is 44.8 Å². The molecule has 0 bridgehead atoms. The van der Waals surface area contributed by atoms with Crippen LogP contribution >= 0.6 is 11.8 Å². The fourth-order valence-electron chi connectivity index (χ4n) is 1.85. The zero-order valence-electron chi connectivity index (χ0n) is 11.2. The number of rotatable bonds is 2. The second-order valence-electron chi connectivity index (χ2n) is 5.62. The summed E-state index contributed by atoms with van der Waals surface area (Å²) in [6.07, 6.45) is 2.97. The number of carbonyl (C=O) groups excluding carboxylic acids is 1. The van der Waals surface area contributed by atoms with Crippen LogP contribution in [0, 0.1) is 0 Å². The molecule has 1 saturated heterocycles. The maximum absolute atomic E-state index is 11.8. The van der Waals surface area contributed by atoms with E-state index in [1.54, 1.807) is 16.7 Å². The molecule has 0 spiro atoms. The van der Waals surface area contributed by atoms with E-state index in [0.717, 1.165) is 5.75 Å². The van der Waals surface area contributed by atoms with Gasteiger partial charge in [-0.3, -0.25) is 0 Å². The van der Waals surface area contributed by atoms with Crippen LogP contribution in [0.5, 0.6) is 0 Å². The molecule has 4 nitrogen and oxygen atoms in total. The number of hydrogen-bond acceptors (Lipinski definition) is 4. The summed E-state index contributed by atoms with van der Waals surface area (Å²) >= 11 is 1.64. The van der Waals surface area contributed by atoms with E-state index < -0.39 is 11.2 Å².